The maximum atomic E-state index is 8.90. The van der Waals surface area contributed by atoms with E-state index in [1.54, 1.807) is 24.3 Å². The first-order valence-corrected chi connectivity index (χ1v) is 19.5. The number of aromatic nitrogens is 3. The summed E-state index contributed by atoms with van der Waals surface area (Å²) < 4.78 is 79.5. The Hall–Kier alpha value is -3.44. The molecule has 0 unspecified atom stereocenters. The monoisotopic (exact) mass is 823 g/mol. The number of hydrogen-bond donors (Lipinski definition) is 0. The molecule has 2 aromatic carbocycles. The molecule has 1 fully saturated rings. The van der Waals surface area contributed by atoms with Gasteiger partial charge in [0.2, 0.25) is 5.71 Å². The predicted molar refractivity (Wildman–Crippen MR) is 192 cm³/mol. The molecule has 8 rings (SSSR count). The molecule has 4 aromatic heterocycles. The van der Waals surface area contributed by atoms with Crippen LogP contribution < -0.4 is 5.19 Å². The van der Waals surface area contributed by atoms with E-state index >= 15 is 0 Å². The van der Waals surface area contributed by atoms with E-state index < -0.39 is 34.0 Å². The Morgan fingerprint density at radius 1 is 0.894 bits per heavy atom. The van der Waals surface area contributed by atoms with Gasteiger partial charge in [-0.05, 0) is 79.0 Å². The molecule has 4 heterocycles. The van der Waals surface area contributed by atoms with E-state index in [-0.39, 0.29) is 61.4 Å². The van der Waals surface area contributed by atoms with Gasteiger partial charge in [-0.3, -0.25) is 0 Å². The van der Waals surface area contributed by atoms with Crippen LogP contribution in [0.2, 0.25) is 19.6 Å². The van der Waals surface area contributed by atoms with E-state index in [1.807, 2.05) is 36.5 Å². The minimum absolute atomic E-state index is 0. The normalized spacial score (nSPS) is 20.4. The molecule has 0 N–H and O–H groups in total. The first-order chi connectivity index (χ1) is 25.8. The Kier molecular flexibility index (Phi) is 7.27. The van der Waals surface area contributed by atoms with Gasteiger partial charge >= 0.3 is 0 Å². The van der Waals surface area contributed by atoms with Gasteiger partial charge in [-0.1, -0.05) is 79.5 Å². The molecule has 1 radical (unpaired) electrons. The van der Waals surface area contributed by atoms with Crippen molar-refractivity contribution >= 4 is 35.3 Å². The fraction of sp³-hybridized carbons (Fsp3) is 0.341. The number of furan rings is 1. The molecule has 0 aliphatic heterocycles. The molecule has 1 saturated carbocycles. The van der Waals surface area contributed by atoms with Crippen LogP contribution in [0.4, 0.5) is 0 Å². The Balaban J connectivity index is 0.000000193. The van der Waals surface area contributed by atoms with Gasteiger partial charge in [-0.25, -0.2) is 4.98 Å². The number of rotatable bonds is 5. The number of fused-ring (bicyclic) bond motifs is 4. The minimum atomic E-state index is -2.35. The quantitative estimate of drug-likeness (QED) is 0.128. The van der Waals surface area contributed by atoms with Crippen LogP contribution >= 0.6 is 0 Å². The van der Waals surface area contributed by atoms with Gasteiger partial charge in [0, 0.05) is 55.9 Å². The standard InChI is InChI=1S/C21H17N2O.C20H26NSi.Ir/c1-13-9-10-17-16-7-4-8-18(20(16)24-21(17)23-13)19-11-14-5-2-3-6-15(14)12-22-19;1-22(2,3)20-15-21-19(17-11-5-4-6-12-17)14-18(20)13-16-9-7-8-10-16;/h4,7,9-12H,2-3,5-6H2,1H3;4-6,11,14-16H,7-10,13H2,1-3H3;/q2*-1;/i1D3,5D2,6D2;13D2;. The molecule has 0 amide bonds. The third kappa shape index (κ3) is 7.35. The van der Waals surface area contributed by atoms with Crippen molar-refractivity contribution in [2.75, 3.05) is 0 Å². The van der Waals surface area contributed by atoms with Crippen molar-refractivity contribution in [1.82, 2.24) is 15.0 Å². The first kappa shape index (κ1) is 23.8. The van der Waals surface area contributed by atoms with Crippen molar-refractivity contribution in [1.29, 1.82) is 0 Å². The fourth-order valence-corrected chi connectivity index (χ4v) is 7.65. The SMILES string of the molecule is [2H]C([2H])([2H])c1ccc2c(n1)oc1c(-c3cc4c(cn3)C([2H])([2H])CCC4([2H])[2H])[c-]ccc12.[2H]C([2H])(c1cc(-c2[c-]cccc2)ncc1[Si](C)(C)C)C1CCCC1.[Ir]. The number of hydrogen-bond acceptors (Lipinski definition) is 4. The minimum Gasteiger partial charge on any atom is -0.486 e. The Bertz CT molecular complexity index is 2370. The van der Waals surface area contributed by atoms with Crippen LogP contribution in [-0.4, -0.2) is 23.0 Å². The van der Waals surface area contributed by atoms with Crippen molar-refractivity contribution < 1.29 is 36.9 Å². The van der Waals surface area contributed by atoms with Crippen molar-refractivity contribution in [3.8, 4) is 22.5 Å². The summed E-state index contributed by atoms with van der Waals surface area (Å²) in [7, 11) is -1.68. The number of benzene rings is 2. The average Bonchev–Trinajstić information content (AvgIpc) is 3.82. The molecule has 6 aromatic rings. The molecular weight excluding hydrogens is 771 g/mol. The van der Waals surface area contributed by atoms with E-state index in [0.717, 1.165) is 47.7 Å². The fourth-order valence-electron chi connectivity index (χ4n) is 6.25. The molecule has 243 valence electrons. The molecule has 2 aliphatic rings. The van der Waals surface area contributed by atoms with Gasteiger partial charge < -0.3 is 14.4 Å². The Morgan fingerprint density at radius 3 is 2.47 bits per heavy atom. The third-order valence-electron chi connectivity index (χ3n) is 8.63. The predicted octanol–water partition coefficient (Wildman–Crippen LogP) is 9.85. The first-order valence-electron chi connectivity index (χ1n) is 20.5. The second-order valence-electron chi connectivity index (χ2n) is 13.0. The summed E-state index contributed by atoms with van der Waals surface area (Å²) in [6.45, 7) is 4.46. The van der Waals surface area contributed by atoms with E-state index in [2.05, 4.69) is 46.7 Å². The number of aryl methyl sites for hydroxylation is 3. The molecule has 0 saturated heterocycles. The van der Waals surface area contributed by atoms with Crippen molar-refractivity contribution in [3.63, 3.8) is 0 Å². The van der Waals surface area contributed by atoms with Gasteiger partial charge in [-0.2, -0.15) is 0 Å². The zero-order chi connectivity index (χ0) is 39.6. The van der Waals surface area contributed by atoms with Gasteiger partial charge in [0.1, 0.15) is 0 Å². The number of nitrogens with zero attached hydrogens (tertiary/aromatic N) is 3. The summed E-state index contributed by atoms with van der Waals surface area (Å²) in [6, 6.07) is 24.2. The summed E-state index contributed by atoms with van der Waals surface area (Å²) in [4.78, 5) is 13.2. The smallest absolute Gasteiger partial charge is 0.216 e. The summed E-state index contributed by atoms with van der Waals surface area (Å²) in [5, 5.41) is 2.52. The summed E-state index contributed by atoms with van der Waals surface area (Å²) in [5.41, 5.74) is 4.59. The molecule has 4 nitrogen and oxygen atoms in total. The van der Waals surface area contributed by atoms with Gasteiger partial charge in [0.05, 0.1) is 13.7 Å². The summed E-state index contributed by atoms with van der Waals surface area (Å²) >= 11 is 0. The van der Waals surface area contributed by atoms with Crippen LogP contribution in [0, 0.1) is 24.9 Å². The van der Waals surface area contributed by atoms with Gasteiger partial charge in [0.15, 0.2) is 0 Å². The van der Waals surface area contributed by atoms with Gasteiger partial charge in [-0.15, -0.1) is 54.1 Å². The zero-order valence-corrected chi connectivity index (χ0v) is 30.2. The summed E-state index contributed by atoms with van der Waals surface area (Å²) in [6.07, 6.45) is 3.20. The van der Waals surface area contributed by atoms with E-state index in [9.17, 15) is 0 Å². The Morgan fingerprint density at radius 2 is 1.70 bits per heavy atom. The second kappa shape index (κ2) is 14.4. The molecule has 2 aliphatic carbocycles. The zero-order valence-electron chi connectivity index (χ0n) is 35.8. The second-order valence-corrected chi connectivity index (χ2v) is 18.0. The molecular formula is C41H43IrN3OSi-2. The van der Waals surface area contributed by atoms with Crippen LogP contribution in [0.3, 0.4) is 0 Å². The molecule has 47 heavy (non-hydrogen) atoms. The molecule has 0 spiro atoms. The maximum absolute atomic E-state index is 8.90. The number of pyridine rings is 3. The average molecular weight is 823 g/mol. The topological polar surface area (TPSA) is 51.8 Å². The van der Waals surface area contributed by atoms with E-state index in [0.29, 0.717) is 27.6 Å². The maximum Gasteiger partial charge on any atom is 0.216 e. The van der Waals surface area contributed by atoms with Crippen LogP contribution in [0.25, 0.3) is 44.6 Å². The van der Waals surface area contributed by atoms with Crippen molar-refractivity contribution in [2.45, 2.75) is 84.1 Å². The largest absolute Gasteiger partial charge is 0.486 e. The Labute approximate surface area is 306 Å². The van der Waals surface area contributed by atoms with Crippen LogP contribution in [-0.2, 0) is 39.2 Å². The van der Waals surface area contributed by atoms with Crippen molar-refractivity contribution in [3.05, 3.63) is 108 Å². The van der Waals surface area contributed by atoms with Crippen molar-refractivity contribution in [2.24, 2.45) is 5.92 Å². The van der Waals surface area contributed by atoms with E-state index in [1.165, 1.54) is 12.3 Å². The summed E-state index contributed by atoms with van der Waals surface area (Å²) in [5.74, 6) is 0.127. The third-order valence-corrected chi connectivity index (χ3v) is 10.6. The van der Waals surface area contributed by atoms with E-state index in [4.69, 9.17) is 16.8 Å². The molecule has 0 bridgehead atoms. The van der Waals surface area contributed by atoms with Gasteiger partial charge in [0.25, 0.3) is 0 Å². The van der Waals surface area contributed by atoms with Crippen LogP contribution in [0.5, 0.6) is 0 Å². The molecule has 0 atom stereocenters. The van der Waals surface area contributed by atoms with Crippen LogP contribution in [0.1, 0.15) is 73.2 Å². The van der Waals surface area contributed by atoms with Crippen LogP contribution in [0.15, 0.2) is 77.5 Å². The molecule has 6 heteroatoms.